The van der Waals surface area contributed by atoms with E-state index in [1.165, 1.54) is 0 Å². The number of carbonyl (C=O) groups is 1. The second kappa shape index (κ2) is 4.40. The zero-order valence-corrected chi connectivity index (χ0v) is 7.60. The standard InChI is InChI=1S/C10H11N3O/c11-6-8-3-1-2-7(4-8)5-9(12)10(13)14/h1-4,9H,5,12H2,(H2,13,14)/t9-/m1/s1. The van der Waals surface area contributed by atoms with Gasteiger partial charge in [0.05, 0.1) is 17.7 Å². The van der Waals surface area contributed by atoms with E-state index >= 15 is 0 Å². The number of hydrogen-bond donors (Lipinski definition) is 2. The molecule has 0 aliphatic rings. The van der Waals surface area contributed by atoms with Crippen LogP contribution in [0.4, 0.5) is 0 Å². The number of hydrogen-bond acceptors (Lipinski definition) is 3. The third-order valence-electron chi connectivity index (χ3n) is 1.88. The van der Waals surface area contributed by atoms with E-state index in [1.54, 1.807) is 18.2 Å². The Balaban J connectivity index is 2.78. The summed E-state index contributed by atoms with van der Waals surface area (Å²) in [6, 6.07) is 8.27. The zero-order valence-electron chi connectivity index (χ0n) is 7.60. The molecule has 0 spiro atoms. The van der Waals surface area contributed by atoms with E-state index in [1.807, 2.05) is 12.1 Å². The molecule has 72 valence electrons. The van der Waals surface area contributed by atoms with Gasteiger partial charge in [0, 0.05) is 0 Å². The van der Waals surface area contributed by atoms with E-state index < -0.39 is 11.9 Å². The Morgan fingerprint density at radius 1 is 1.57 bits per heavy atom. The fraction of sp³-hybridized carbons (Fsp3) is 0.200. The normalized spacial score (nSPS) is 11.7. The van der Waals surface area contributed by atoms with Crippen LogP contribution in [0.3, 0.4) is 0 Å². The summed E-state index contributed by atoms with van der Waals surface area (Å²) in [7, 11) is 0. The molecule has 1 aromatic carbocycles. The number of nitrogens with two attached hydrogens (primary N) is 2. The minimum Gasteiger partial charge on any atom is -0.368 e. The van der Waals surface area contributed by atoms with Crippen molar-refractivity contribution in [2.45, 2.75) is 12.5 Å². The highest BCUT2D eigenvalue weighted by Gasteiger charge is 2.09. The van der Waals surface area contributed by atoms with Crippen LogP contribution in [0.5, 0.6) is 0 Å². The maximum Gasteiger partial charge on any atom is 0.234 e. The second-order valence-corrected chi connectivity index (χ2v) is 3.03. The molecular formula is C10H11N3O. The Kier molecular flexibility index (Phi) is 3.21. The van der Waals surface area contributed by atoms with E-state index in [9.17, 15) is 4.79 Å². The summed E-state index contributed by atoms with van der Waals surface area (Å²) in [5, 5.41) is 8.63. The van der Waals surface area contributed by atoms with Crippen molar-refractivity contribution in [1.29, 1.82) is 5.26 Å². The van der Waals surface area contributed by atoms with Crippen molar-refractivity contribution in [1.82, 2.24) is 0 Å². The Morgan fingerprint density at radius 2 is 2.29 bits per heavy atom. The molecule has 1 amide bonds. The molecule has 0 bridgehead atoms. The fourth-order valence-corrected chi connectivity index (χ4v) is 1.12. The molecule has 4 heteroatoms. The smallest absolute Gasteiger partial charge is 0.234 e. The van der Waals surface area contributed by atoms with Gasteiger partial charge in [-0.15, -0.1) is 0 Å². The Labute approximate surface area is 82.1 Å². The van der Waals surface area contributed by atoms with Crippen LogP contribution in [0.25, 0.3) is 0 Å². The summed E-state index contributed by atoms with van der Waals surface area (Å²) in [6.07, 6.45) is 0.366. The Morgan fingerprint density at radius 3 is 2.86 bits per heavy atom. The summed E-state index contributed by atoms with van der Waals surface area (Å²) in [4.78, 5) is 10.7. The maximum absolute atomic E-state index is 10.7. The molecule has 4 N–H and O–H groups in total. The molecule has 1 atom stereocenters. The van der Waals surface area contributed by atoms with Gasteiger partial charge in [-0.3, -0.25) is 4.79 Å². The molecule has 0 fully saturated rings. The molecule has 0 aliphatic heterocycles. The molecule has 0 heterocycles. The monoisotopic (exact) mass is 189 g/mol. The molecule has 0 saturated carbocycles. The fourth-order valence-electron chi connectivity index (χ4n) is 1.12. The zero-order chi connectivity index (χ0) is 10.6. The van der Waals surface area contributed by atoms with Crippen LogP contribution in [-0.2, 0) is 11.2 Å². The quantitative estimate of drug-likeness (QED) is 0.696. The predicted octanol–water partition coefficient (Wildman–Crippen LogP) is -0.0866. The summed E-state index contributed by atoms with van der Waals surface area (Å²) >= 11 is 0. The maximum atomic E-state index is 10.7. The number of carbonyl (C=O) groups excluding carboxylic acids is 1. The average molecular weight is 189 g/mol. The van der Waals surface area contributed by atoms with Crippen molar-refractivity contribution in [3.05, 3.63) is 35.4 Å². The van der Waals surface area contributed by atoms with Gasteiger partial charge in [-0.05, 0) is 24.1 Å². The van der Waals surface area contributed by atoms with Crippen molar-refractivity contribution in [3.63, 3.8) is 0 Å². The number of benzene rings is 1. The topological polar surface area (TPSA) is 92.9 Å². The van der Waals surface area contributed by atoms with E-state index in [2.05, 4.69) is 0 Å². The third-order valence-corrected chi connectivity index (χ3v) is 1.88. The first-order chi connectivity index (χ1) is 6.63. The largest absolute Gasteiger partial charge is 0.368 e. The lowest BCUT2D eigenvalue weighted by atomic mass is 10.0. The van der Waals surface area contributed by atoms with E-state index in [-0.39, 0.29) is 0 Å². The van der Waals surface area contributed by atoms with Crippen LogP contribution in [0.1, 0.15) is 11.1 Å². The summed E-state index contributed by atoms with van der Waals surface area (Å²) in [6.45, 7) is 0. The van der Waals surface area contributed by atoms with Gasteiger partial charge in [0.15, 0.2) is 0 Å². The van der Waals surface area contributed by atoms with E-state index in [4.69, 9.17) is 16.7 Å². The van der Waals surface area contributed by atoms with Gasteiger partial charge in [0.1, 0.15) is 0 Å². The van der Waals surface area contributed by atoms with Crippen molar-refractivity contribution in [2.75, 3.05) is 0 Å². The Hall–Kier alpha value is -1.86. The van der Waals surface area contributed by atoms with Crippen LogP contribution in [-0.4, -0.2) is 11.9 Å². The highest BCUT2D eigenvalue weighted by Crippen LogP contribution is 2.05. The second-order valence-electron chi connectivity index (χ2n) is 3.03. The number of nitriles is 1. The average Bonchev–Trinajstić information content (AvgIpc) is 2.18. The summed E-state index contributed by atoms with van der Waals surface area (Å²) < 4.78 is 0. The molecule has 0 saturated heterocycles. The van der Waals surface area contributed by atoms with Crippen molar-refractivity contribution < 1.29 is 4.79 Å². The van der Waals surface area contributed by atoms with Crippen LogP contribution in [0.2, 0.25) is 0 Å². The van der Waals surface area contributed by atoms with Crippen molar-refractivity contribution >= 4 is 5.91 Å². The first-order valence-corrected chi connectivity index (χ1v) is 4.17. The molecule has 1 rings (SSSR count). The van der Waals surface area contributed by atoms with Gasteiger partial charge in [0.25, 0.3) is 0 Å². The molecule has 0 aromatic heterocycles. The number of primary amides is 1. The van der Waals surface area contributed by atoms with Crippen molar-refractivity contribution in [3.8, 4) is 6.07 Å². The van der Waals surface area contributed by atoms with Gasteiger partial charge >= 0.3 is 0 Å². The minimum atomic E-state index is -0.691. The van der Waals surface area contributed by atoms with Crippen LogP contribution < -0.4 is 11.5 Å². The number of nitrogens with zero attached hydrogens (tertiary/aromatic N) is 1. The van der Waals surface area contributed by atoms with Gasteiger partial charge < -0.3 is 11.5 Å². The van der Waals surface area contributed by atoms with Crippen LogP contribution in [0, 0.1) is 11.3 Å². The SMILES string of the molecule is N#Cc1cccc(C[C@@H](N)C(N)=O)c1. The third kappa shape index (κ3) is 2.57. The number of amides is 1. The van der Waals surface area contributed by atoms with Crippen LogP contribution in [0.15, 0.2) is 24.3 Å². The van der Waals surface area contributed by atoms with Crippen LogP contribution >= 0.6 is 0 Å². The van der Waals surface area contributed by atoms with Gasteiger partial charge in [-0.2, -0.15) is 5.26 Å². The highest BCUT2D eigenvalue weighted by molar-refractivity contribution is 5.79. The van der Waals surface area contributed by atoms with E-state index in [0.29, 0.717) is 12.0 Å². The van der Waals surface area contributed by atoms with E-state index in [0.717, 1.165) is 5.56 Å². The molecular weight excluding hydrogens is 178 g/mol. The first kappa shape index (κ1) is 10.2. The molecule has 0 radical (unpaired) electrons. The van der Waals surface area contributed by atoms with Crippen molar-refractivity contribution in [2.24, 2.45) is 11.5 Å². The lowest BCUT2D eigenvalue weighted by Crippen LogP contribution is -2.38. The minimum absolute atomic E-state index is 0.366. The molecule has 0 aliphatic carbocycles. The highest BCUT2D eigenvalue weighted by atomic mass is 16.1. The lowest BCUT2D eigenvalue weighted by molar-refractivity contribution is -0.119. The van der Waals surface area contributed by atoms with Gasteiger partial charge in [-0.1, -0.05) is 12.1 Å². The summed E-state index contributed by atoms with van der Waals surface area (Å²) in [5.41, 5.74) is 11.9. The first-order valence-electron chi connectivity index (χ1n) is 4.17. The molecule has 0 unspecified atom stereocenters. The number of rotatable bonds is 3. The summed E-state index contributed by atoms with van der Waals surface area (Å²) in [5.74, 6) is -0.535. The van der Waals surface area contributed by atoms with Gasteiger partial charge in [0.2, 0.25) is 5.91 Å². The lowest BCUT2D eigenvalue weighted by Gasteiger charge is -2.06. The molecule has 1 aromatic rings. The van der Waals surface area contributed by atoms with Gasteiger partial charge in [-0.25, -0.2) is 0 Å². The Bertz CT molecular complexity index is 381. The molecule has 14 heavy (non-hydrogen) atoms. The molecule has 4 nitrogen and oxygen atoms in total. The predicted molar refractivity (Wildman–Crippen MR) is 52.0 cm³/mol.